The molecule has 0 heterocycles. The summed E-state index contributed by atoms with van der Waals surface area (Å²) < 4.78 is 5.12. The minimum absolute atomic E-state index is 0.0390. The third-order valence-electron chi connectivity index (χ3n) is 7.69. The molecule has 0 atom stereocenters. The van der Waals surface area contributed by atoms with Gasteiger partial charge in [0, 0.05) is 45.5 Å². The van der Waals surface area contributed by atoms with Crippen LogP contribution in [0.25, 0.3) is 0 Å². The maximum absolute atomic E-state index is 12.5. The molecule has 4 aliphatic rings. The molecule has 5 rings (SSSR count). The zero-order chi connectivity index (χ0) is 24.3. The molecule has 186 valence electrons. The van der Waals surface area contributed by atoms with E-state index < -0.39 is 5.97 Å². The lowest BCUT2D eigenvalue weighted by Gasteiger charge is -2.56. The Bertz CT molecular complexity index is 863. The average molecular weight is 471 g/mol. The van der Waals surface area contributed by atoms with E-state index in [0.29, 0.717) is 6.54 Å². The van der Waals surface area contributed by atoms with E-state index in [1.807, 2.05) is 43.3 Å². The van der Waals surface area contributed by atoms with E-state index in [1.54, 1.807) is 7.05 Å². The Kier molecular flexibility index (Phi) is 7.33. The van der Waals surface area contributed by atoms with E-state index in [2.05, 4.69) is 10.6 Å². The quantitative estimate of drug-likeness (QED) is 0.542. The van der Waals surface area contributed by atoms with Crippen LogP contribution in [0.4, 0.5) is 10.5 Å². The van der Waals surface area contributed by atoms with Gasteiger partial charge >= 0.3 is 12.0 Å². The van der Waals surface area contributed by atoms with Gasteiger partial charge in [-0.05, 0) is 74.0 Å². The molecule has 4 fully saturated rings. The first kappa shape index (κ1) is 24.4. The van der Waals surface area contributed by atoms with Crippen LogP contribution in [-0.2, 0) is 20.9 Å². The first-order chi connectivity index (χ1) is 16.2. The number of hydrogen-bond acceptors (Lipinski definition) is 5. The Morgan fingerprint density at radius 3 is 2.12 bits per heavy atom. The van der Waals surface area contributed by atoms with Crippen LogP contribution in [0.1, 0.15) is 50.5 Å². The first-order valence-electron chi connectivity index (χ1n) is 12.4. The molecule has 0 unspecified atom stereocenters. The second-order valence-electron chi connectivity index (χ2n) is 10.8. The van der Waals surface area contributed by atoms with E-state index >= 15 is 0 Å². The molecule has 0 aromatic heterocycles. The summed E-state index contributed by atoms with van der Waals surface area (Å²) in [5.74, 6) is 1.52. The standard InChI is InChI=1S/C26H38N4O4/c1-29(2)22-6-4-18(5-7-22)16-30(3)23(31)17-34-24(32)8-9-27-25(33)28-26-13-19-10-20(14-26)12-21(11-19)15-26/h4-7,19-21H,8-17H2,1-3H3,(H2,27,28,33). The van der Waals surface area contributed by atoms with E-state index in [9.17, 15) is 14.4 Å². The fourth-order valence-corrected chi connectivity index (χ4v) is 6.41. The van der Waals surface area contributed by atoms with Gasteiger partial charge in [-0.15, -0.1) is 0 Å². The van der Waals surface area contributed by atoms with E-state index in [4.69, 9.17) is 4.74 Å². The van der Waals surface area contributed by atoms with Crippen LogP contribution >= 0.6 is 0 Å². The van der Waals surface area contributed by atoms with Crippen molar-refractivity contribution in [2.24, 2.45) is 17.8 Å². The van der Waals surface area contributed by atoms with Crippen molar-refractivity contribution in [1.29, 1.82) is 0 Å². The summed E-state index contributed by atoms with van der Waals surface area (Å²) in [5.41, 5.74) is 2.04. The summed E-state index contributed by atoms with van der Waals surface area (Å²) in [7, 11) is 5.64. The van der Waals surface area contributed by atoms with Gasteiger partial charge in [0.05, 0.1) is 6.42 Å². The number of rotatable bonds is 9. The molecule has 0 radical (unpaired) electrons. The molecule has 0 saturated heterocycles. The molecular weight excluding hydrogens is 432 g/mol. The van der Waals surface area contributed by atoms with Crippen molar-refractivity contribution < 1.29 is 19.1 Å². The molecule has 34 heavy (non-hydrogen) atoms. The Morgan fingerprint density at radius 2 is 1.56 bits per heavy atom. The van der Waals surface area contributed by atoms with Crippen molar-refractivity contribution in [3.8, 4) is 0 Å². The average Bonchev–Trinajstić information content (AvgIpc) is 2.76. The van der Waals surface area contributed by atoms with Crippen molar-refractivity contribution in [3.05, 3.63) is 29.8 Å². The number of nitrogens with zero attached hydrogens (tertiary/aromatic N) is 2. The number of carbonyl (C=O) groups is 3. The molecule has 8 heteroatoms. The number of likely N-dealkylation sites (N-methyl/N-ethyl adjacent to an activating group) is 1. The number of anilines is 1. The molecule has 1 aromatic rings. The van der Waals surface area contributed by atoms with Gasteiger partial charge in [0.15, 0.2) is 6.61 Å². The van der Waals surface area contributed by atoms with Crippen LogP contribution < -0.4 is 15.5 Å². The molecule has 2 N–H and O–H groups in total. The lowest BCUT2D eigenvalue weighted by Crippen LogP contribution is -2.61. The van der Waals surface area contributed by atoms with Crippen molar-refractivity contribution >= 4 is 23.6 Å². The largest absolute Gasteiger partial charge is 0.456 e. The number of amides is 3. The lowest BCUT2D eigenvalue weighted by molar-refractivity contribution is -0.151. The SMILES string of the molecule is CN(Cc1ccc(N(C)C)cc1)C(=O)COC(=O)CCNC(=O)NC12CC3CC(CC(C3)C1)C2. The predicted molar refractivity (Wildman–Crippen MR) is 130 cm³/mol. The zero-order valence-corrected chi connectivity index (χ0v) is 20.6. The Balaban J connectivity index is 1.12. The lowest BCUT2D eigenvalue weighted by atomic mass is 9.53. The van der Waals surface area contributed by atoms with E-state index in [0.717, 1.165) is 48.3 Å². The van der Waals surface area contributed by atoms with Gasteiger partial charge in [-0.1, -0.05) is 12.1 Å². The van der Waals surface area contributed by atoms with E-state index in [-0.39, 0.29) is 37.0 Å². The maximum atomic E-state index is 12.5. The van der Waals surface area contributed by atoms with Gasteiger partial charge < -0.3 is 25.2 Å². The van der Waals surface area contributed by atoms with Crippen molar-refractivity contribution in [2.45, 2.75) is 57.0 Å². The number of urea groups is 1. The fraction of sp³-hybridized carbons (Fsp3) is 0.654. The third kappa shape index (κ3) is 6.02. The number of esters is 1. The van der Waals surface area contributed by atoms with Crippen molar-refractivity contribution in [3.63, 3.8) is 0 Å². The van der Waals surface area contributed by atoms with Crippen LogP contribution in [0.15, 0.2) is 24.3 Å². The highest BCUT2D eigenvalue weighted by molar-refractivity contribution is 5.81. The topological polar surface area (TPSA) is 91.0 Å². The minimum atomic E-state index is -0.493. The molecule has 4 saturated carbocycles. The van der Waals surface area contributed by atoms with Gasteiger partial charge in [-0.2, -0.15) is 0 Å². The zero-order valence-electron chi connectivity index (χ0n) is 20.6. The molecule has 4 bridgehead atoms. The Hall–Kier alpha value is -2.77. The maximum Gasteiger partial charge on any atom is 0.315 e. The normalized spacial score (nSPS) is 26.6. The summed E-state index contributed by atoms with van der Waals surface area (Å²) in [4.78, 5) is 40.4. The van der Waals surface area contributed by atoms with Crippen LogP contribution in [0.3, 0.4) is 0 Å². The molecule has 3 amide bonds. The van der Waals surface area contributed by atoms with Gasteiger partial charge in [0.1, 0.15) is 0 Å². The summed E-state index contributed by atoms with van der Waals surface area (Å²) in [6.45, 7) is 0.333. The summed E-state index contributed by atoms with van der Waals surface area (Å²) in [5, 5.41) is 6.02. The third-order valence-corrected chi connectivity index (χ3v) is 7.69. The molecule has 8 nitrogen and oxygen atoms in total. The number of nitrogens with one attached hydrogen (secondary N) is 2. The van der Waals surface area contributed by atoms with E-state index in [1.165, 1.54) is 24.2 Å². The second-order valence-corrected chi connectivity index (χ2v) is 10.8. The van der Waals surface area contributed by atoms with Crippen LogP contribution in [0, 0.1) is 17.8 Å². The second kappa shape index (κ2) is 10.2. The summed E-state index contributed by atoms with van der Waals surface area (Å²) in [6, 6.07) is 7.75. The number of carbonyl (C=O) groups excluding carboxylic acids is 3. The highest BCUT2D eigenvalue weighted by Crippen LogP contribution is 2.55. The van der Waals surface area contributed by atoms with Crippen molar-refractivity contribution in [2.75, 3.05) is 39.2 Å². The Labute approximate surface area is 202 Å². The number of hydrogen-bond donors (Lipinski definition) is 2. The minimum Gasteiger partial charge on any atom is -0.456 e. The molecule has 1 aromatic carbocycles. The van der Waals surface area contributed by atoms with Crippen LogP contribution in [0.5, 0.6) is 0 Å². The number of ether oxygens (including phenoxy) is 1. The first-order valence-corrected chi connectivity index (χ1v) is 12.4. The highest BCUT2D eigenvalue weighted by Gasteiger charge is 2.51. The van der Waals surface area contributed by atoms with Gasteiger partial charge in [0.25, 0.3) is 5.91 Å². The monoisotopic (exact) mass is 470 g/mol. The number of benzene rings is 1. The highest BCUT2D eigenvalue weighted by atomic mass is 16.5. The summed E-state index contributed by atoms with van der Waals surface area (Å²) in [6.07, 6.45) is 7.27. The molecule has 4 aliphatic carbocycles. The fourth-order valence-electron chi connectivity index (χ4n) is 6.41. The smallest absolute Gasteiger partial charge is 0.315 e. The molecule has 0 aliphatic heterocycles. The van der Waals surface area contributed by atoms with Gasteiger partial charge in [-0.25, -0.2) is 4.79 Å². The van der Waals surface area contributed by atoms with Crippen LogP contribution in [-0.4, -0.2) is 62.6 Å². The van der Waals surface area contributed by atoms with Crippen molar-refractivity contribution in [1.82, 2.24) is 15.5 Å². The predicted octanol–water partition coefficient (Wildman–Crippen LogP) is 2.91. The van der Waals surface area contributed by atoms with Gasteiger partial charge in [-0.3, -0.25) is 9.59 Å². The molecular formula is C26H38N4O4. The van der Waals surface area contributed by atoms with Gasteiger partial charge in [0.2, 0.25) is 0 Å². The molecule has 0 spiro atoms. The Morgan fingerprint density at radius 1 is 0.971 bits per heavy atom. The summed E-state index contributed by atoms with van der Waals surface area (Å²) >= 11 is 0. The van der Waals surface area contributed by atoms with Crippen LogP contribution in [0.2, 0.25) is 0 Å².